The summed E-state index contributed by atoms with van der Waals surface area (Å²) in [5.74, 6) is 0.773. The Bertz CT molecular complexity index is 547. The largest absolute Gasteiger partial charge is 0.355 e. The minimum Gasteiger partial charge on any atom is -0.355 e. The number of hydrogen-bond acceptors (Lipinski definition) is 4. The normalized spacial score (nSPS) is 11.3. The predicted molar refractivity (Wildman–Crippen MR) is 83.0 cm³/mol. The first-order chi connectivity index (χ1) is 9.93. The van der Waals surface area contributed by atoms with Crippen LogP contribution in [-0.2, 0) is 20.6 Å². The van der Waals surface area contributed by atoms with Gasteiger partial charge in [-0.2, -0.15) is 11.8 Å². The summed E-state index contributed by atoms with van der Waals surface area (Å²) < 4.78 is 37.1. The van der Waals surface area contributed by atoms with Gasteiger partial charge in [-0.3, -0.25) is 4.79 Å². The fourth-order valence-corrected chi connectivity index (χ4v) is 2.93. The van der Waals surface area contributed by atoms with Crippen LogP contribution in [0.3, 0.4) is 0 Å². The maximum atomic E-state index is 12.7. The second kappa shape index (κ2) is 9.01. The summed E-state index contributed by atoms with van der Waals surface area (Å²) in [6.07, 6.45) is 0.325. The fourth-order valence-electron chi connectivity index (χ4n) is 1.45. The van der Waals surface area contributed by atoms with Crippen LogP contribution in [0.4, 0.5) is 4.39 Å². The molecule has 0 saturated heterocycles. The van der Waals surface area contributed by atoms with Crippen molar-refractivity contribution in [1.29, 1.82) is 0 Å². The minimum absolute atomic E-state index is 0.102. The number of carbonyl (C=O) groups is 1. The van der Waals surface area contributed by atoms with Crippen molar-refractivity contribution in [3.63, 3.8) is 0 Å². The number of thioether (sulfide) groups is 1. The molecule has 0 atom stereocenters. The van der Waals surface area contributed by atoms with Crippen LogP contribution in [0.5, 0.6) is 0 Å². The first kappa shape index (κ1) is 17.9. The molecule has 0 fully saturated rings. The Morgan fingerprint density at radius 2 is 1.95 bits per heavy atom. The van der Waals surface area contributed by atoms with E-state index in [1.165, 1.54) is 19.2 Å². The molecule has 1 aromatic rings. The molecule has 1 amide bonds. The van der Waals surface area contributed by atoms with Crippen molar-refractivity contribution < 1.29 is 17.6 Å². The monoisotopic (exact) mass is 334 g/mol. The van der Waals surface area contributed by atoms with Gasteiger partial charge in [-0.25, -0.2) is 17.5 Å². The highest BCUT2D eigenvalue weighted by Crippen LogP contribution is 2.13. The molecule has 0 saturated carbocycles. The molecule has 0 unspecified atom stereocenters. The van der Waals surface area contributed by atoms with Crippen molar-refractivity contribution in [1.82, 2.24) is 10.0 Å². The van der Waals surface area contributed by atoms with E-state index in [1.807, 2.05) is 0 Å². The van der Waals surface area contributed by atoms with E-state index in [2.05, 4.69) is 10.0 Å². The highest BCUT2D eigenvalue weighted by Gasteiger charge is 2.07. The number of amides is 1. The zero-order valence-electron chi connectivity index (χ0n) is 11.8. The summed E-state index contributed by atoms with van der Waals surface area (Å²) in [6, 6.07) is 6.24. The van der Waals surface area contributed by atoms with Crippen molar-refractivity contribution in [2.45, 2.75) is 12.2 Å². The number of halogens is 1. The van der Waals surface area contributed by atoms with E-state index in [1.54, 1.807) is 23.9 Å². The first-order valence-corrected chi connectivity index (χ1v) is 9.24. The Morgan fingerprint density at radius 1 is 1.29 bits per heavy atom. The lowest BCUT2D eigenvalue weighted by molar-refractivity contribution is -0.120. The second-order valence-electron chi connectivity index (χ2n) is 4.30. The van der Waals surface area contributed by atoms with Gasteiger partial charge in [-0.1, -0.05) is 12.1 Å². The van der Waals surface area contributed by atoms with Gasteiger partial charge in [0.15, 0.2) is 0 Å². The number of carbonyl (C=O) groups excluding carboxylic acids is 1. The quantitative estimate of drug-likeness (QED) is 0.664. The number of benzene rings is 1. The zero-order valence-corrected chi connectivity index (χ0v) is 13.4. The Morgan fingerprint density at radius 3 is 2.57 bits per heavy atom. The molecular formula is C13H19FN2O3S2. The van der Waals surface area contributed by atoms with E-state index in [-0.39, 0.29) is 24.0 Å². The number of nitrogens with one attached hydrogen (secondary N) is 2. The van der Waals surface area contributed by atoms with Crippen LogP contribution in [0, 0.1) is 5.82 Å². The van der Waals surface area contributed by atoms with Crippen LogP contribution in [-0.4, -0.2) is 39.4 Å². The zero-order chi connectivity index (χ0) is 15.7. The molecule has 0 spiro atoms. The molecule has 1 aromatic carbocycles. The van der Waals surface area contributed by atoms with Crippen LogP contribution >= 0.6 is 11.8 Å². The summed E-state index contributed by atoms with van der Waals surface area (Å²) >= 11 is 1.57. The van der Waals surface area contributed by atoms with E-state index in [4.69, 9.17) is 0 Å². The average molecular weight is 334 g/mol. The lowest BCUT2D eigenvalue weighted by Crippen LogP contribution is -2.33. The average Bonchev–Trinajstić information content (AvgIpc) is 2.45. The van der Waals surface area contributed by atoms with Crippen molar-refractivity contribution in [2.24, 2.45) is 0 Å². The van der Waals surface area contributed by atoms with Gasteiger partial charge in [0.25, 0.3) is 0 Å². The highest BCUT2D eigenvalue weighted by molar-refractivity contribution is 7.98. The molecule has 0 heterocycles. The van der Waals surface area contributed by atoms with E-state index in [0.29, 0.717) is 17.9 Å². The van der Waals surface area contributed by atoms with Gasteiger partial charge >= 0.3 is 0 Å². The van der Waals surface area contributed by atoms with Gasteiger partial charge in [0, 0.05) is 24.5 Å². The summed E-state index contributed by atoms with van der Waals surface area (Å²) in [6.45, 7) is 0.102. The fraction of sp³-hybridized carbons (Fsp3) is 0.462. The highest BCUT2D eigenvalue weighted by atomic mass is 32.2. The molecule has 0 aliphatic heterocycles. The van der Waals surface area contributed by atoms with E-state index in [9.17, 15) is 17.6 Å². The van der Waals surface area contributed by atoms with Crippen molar-refractivity contribution >= 4 is 27.7 Å². The molecule has 0 bridgehead atoms. The lowest BCUT2D eigenvalue weighted by Gasteiger charge is -2.06. The molecule has 0 aliphatic rings. The molecule has 2 N–H and O–H groups in total. The minimum atomic E-state index is -3.28. The SMILES string of the molecule is CNS(=O)(=O)CCNC(=O)CCSCc1ccc(F)cc1. The second-order valence-corrected chi connectivity index (χ2v) is 7.45. The summed E-state index contributed by atoms with van der Waals surface area (Å²) in [4.78, 5) is 11.5. The number of sulfonamides is 1. The third kappa shape index (κ3) is 8.03. The van der Waals surface area contributed by atoms with Gasteiger partial charge in [0.1, 0.15) is 5.82 Å². The van der Waals surface area contributed by atoms with E-state index in [0.717, 1.165) is 5.56 Å². The Hall–Kier alpha value is -1.12. The van der Waals surface area contributed by atoms with Crippen LogP contribution in [0.15, 0.2) is 24.3 Å². The molecule has 0 radical (unpaired) electrons. The van der Waals surface area contributed by atoms with Crippen molar-refractivity contribution in [2.75, 3.05) is 25.1 Å². The van der Waals surface area contributed by atoms with Crippen molar-refractivity contribution in [3.8, 4) is 0 Å². The maximum absolute atomic E-state index is 12.7. The predicted octanol–water partition coefficient (Wildman–Crippen LogP) is 1.11. The van der Waals surface area contributed by atoms with Crippen LogP contribution in [0.1, 0.15) is 12.0 Å². The first-order valence-electron chi connectivity index (χ1n) is 6.43. The van der Waals surface area contributed by atoms with Gasteiger partial charge in [0.05, 0.1) is 5.75 Å². The summed E-state index contributed by atoms with van der Waals surface area (Å²) in [5.41, 5.74) is 1.00. The van der Waals surface area contributed by atoms with Gasteiger partial charge in [-0.15, -0.1) is 0 Å². The number of rotatable bonds is 9. The standard InChI is InChI=1S/C13H19FN2O3S2/c1-15-21(18,19)9-7-16-13(17)6-8-20-10-11-2-4-12(14)5-3-11/h2-5,15H,6-10H2,1H3,(H,16,17). The molecule has 0 aromatic heterocycles. The third-order valence-electron chi connectivity index (χ3n) is 2.66. The number of hydrogen-bond donors (Lipinski definition) is 2. The Labute approximate surface area is 128 Å². The molecule has 5 nitrogen and oxygen atoms in total. The van der Waals surface area contributed by atoms with Crippen LogP contribution in [0.2, 0.25) is 0 Å². The third-order valence-corrected chi connectivity index (χ3v) is 5.05. The Kier molecular flexibility index (Phi) is 7.69. The summed E-state index contributed by atoms with van der Waals surface area (Å²) in [5, 5.41) is 2.56. The van der Waals surface area contributed by atoms with Crippen molar-refractivity contribution in [3.05, 3.63) is 35.6 Å². The van der Waals surface area contributed by atoms with Gasteiger partial charge < -0.3 is 5.32 Å². The molecule has 118 valence electrons. The molecule has 0 aliphatic carbocycles. The van der Waals surface area contributed by atoms with Gasteiger partial charge in [-0.05, 0) is 24.7 Å². The topological polar surface area (TPSA) is 75.3 Å². The van der Waals surface area contributed by atoms with Crippen LogP contribution in [0.25, 0.3) is 0 Å². The molecule has 21 heavy (non-hydrogen) atoms. The summed E-state index contributed by atoms with van der Waals surface area (Å²) in [7, 11) is -1.94. The van der Waals surface area contributed by atoms with Gasteiger partial charge in [0.2, 0.25) is 15.9 Å². The molecule has 1 rings (SSSR count). The molecule has 8 heteroatoms. The van der Waals surface area contributed by atoms with Crippen LogP contribution < -0.4 is 10.0 Å². The lowest BCUT2D eigenvalue weighted by atomic mass is 10.2. The maximum Gasteiger partial charge on any atom is 0.220 e. The van der Waals surface area contributed by atoms with E-state index < -0.39 is 10.0 Å². The van der Waals surface area contributed by atoms with E-state index >= 15 is 0 Å². The molecular weight excluding hydrogens is 315 g/mol. The Balaban J connectivity index is 2.12. The smallest absolute Gasteiger partial charge is 0.220 e.